The van der Waals surface area contributed by atoms with Crippen LogP contribution >= 0.6 is 11.8 Å². The van der Waals surface area contributed by atoms with Crippen LogP contribution in [0.2, 0.25) is 0 Å². The molecule has 1 spiro atoms. The van der Waals surface area contributed by atoms with E-state index in [2.05, 4.69) is 47.8 Å². The molecule has 2 aromatic rings. The van der Waals surface area contributed by atoms with Crippen LogP contribution in [0.1, 0.15) is 59.3 Å². The fourth-order valence-corrected chi connectivity index (χ4v) is 6.24. The number of ether oxygens (including phenoxy) is 2. The van der Waals surface area contributed by atoms with Gasteiger partial charge in [-0.05, 0) is 36.5 Å². The van der Waals surface area contributed by atoms with Crippen molar-refractivity contribution in [3.8, 4) is 11.5 Å². The first-order valence-corrected chi connectivity index (χ1v) is 11.1. The van der Waals surface area contributed by atoms with Crippen molar-refractivity contribution in [2.24, 2.45) is 0 Å². The molecule has 2 unspecified atom stereocenters. The molecule has 1 fully saturated rings. The van der Waals surface area contributed by atoms with Gasteiger partial charge in [-0.1, -0.05) is 42.8 Å². The van der Waals surface area contributed by atoms with E-state index >= 15 is 0 Å². The van der Waals surface area contributed by atoms with Gasteiger partial charge in [0.2, 0.25) is 6.41 Å². The minimum Gasteiger partial charge on any atom is -0.448 e. The first kappa shape index (κ1) is 17.9. The second kappa shape index (κ2) is 7.36. The molecule has 28 heavy (non-hydrogen) atoms. The number of carbonyl (C=O) groups excluding carboxylic acids is 1. The number of nitrogens with one attached hydrogen (secondary N) is 1. The standard InChI is InChI=1S/C23H25NO3S/c25-15-24-14-21-17-9-10-19-22(27-23(26-19)11-5-2-6-12-23)18(17)13-20(28-21)16-7-3-1-4-8-16/h1,3-4,7-10,15,20-21H,2,5-6,11-14H2,(H,24,25). The molecule has 0 bridgehead atoms. The van der Waals surface area contributed by atoms with Crippen molar-refractivity contribution in [1.82, 2.24) is 5.32 Å². The molecule has 0 radical (unpaired) electrons. The van der Waals surface area contributed by atoms with Crippen molar-refractivity contribution in [3.63, 3.8) is 0 Å². The van der Waals surface area contributed by atoms with Crippen molar-refractivity contribution in [3.05, 3.63) is 59.2 Å². The lowest BCUT2D eigenvalue weighted by molar-refractivity contribution is -0.109. The Bertz CT molecular complexity index is 864. The number of hydrogen-bond acceptors (Lipinski definition) is 4. The number of hydrogen-bond donors (Lipinski definition) is 1. The third kappa shape index (κ3) is 3.16. The Hall–Kier alpha value is -2.14. The molecule has 2 atom stereocenters. The largest absolute Gasteiger partial charge is 0.448 e. The molecule has 2 aliphatic heterocycles. The average molecular weight is 396 g/mol. The summed E-state index contributed by atoms with van der Waals surface area (Å²) in [4.78, 5) is 10.9. The molecule has 1 aliphatic carbocycles. The van der Waals surface area contributed by atoms with Gasteiger partial charge in [-0.2, -0.15) is 0 Å². The molecule has 1 amide bonds. The number of rotatable bonds is 4. The van der Waals surface area contributed by atoms with E-state index in [0.29, 0.717) is 11.8 Å². The topological polar surface area (TPSA) is 47.6 Å². The van der Waals surface area contributed by atoms with Crippen LogP contribution in [0.25, 0.3) is 0 Å². The van der Waals surface area contributed by atoms with E-state index in [1.54, 1.807) is 0 Å². The van der Waals surface area contributed by atoms with Crippen LogP contribution in [0.15, 0.2) is 42.5 Å². The zero-order valence-corrected chi connectivity index (χ0v) is 16.7. The first-order valence-electron chi connectivity index (χ1n) is 10.2. The van der Waals surface area contributed by atoms with E-state index in [4.69, 9.17) is 9.47 Å². The Kier molecular flexibility index (Phi) is 4.71. The molecule has 4 nitrogen and oxygen atoms in total. The van der Waals surface area contributed by atoms with Gasteiger partial charge in [0, 0.05) is 35.4 Å². The number of carbonyl (C=O) groups is 1. The summed E-state index contributed by atoms with van der Waals surface area (Å²) >= 11 is 1.92. The predicted molar refractivity (Wildman–Crippen MR) is 111 cm³/mol. The zero-order chi connectivity index (χ0) is 19.0. The van der Waals surface area contributed by atoms with Gasteiger partial charge in [0.1, 0.15) is 0 Å². The molecule has 2 heterocycles. The highest BCUT2D eigenvalue weighted by Crippen LogP contribution is 2.55. The fourth-order valence-electron chi connectivity index (χ4n) is 4.71. The number of fused-ring (bicyclic) bond motifs is 3. The monoisotopic (exact) mass is 395 g/mol. The Morgan fingerprint density at radius 3 is 2.68 bits per heavy atom. The van der Waals surface area contributed by atoms with Crippen LogP contribution in [0.3, 0.4) is 0 Å². The van der Waals surface area contributed by atoms with Gasteiger partial charge in [-0.3, -0.25) is 4.79 Å². The van der Waals surface area contributed by atoms with Gasteiger partial charge in [0.05, 0.1) is 0 Å². The van der Waals surface area contributed by atoms with Crippen molar-refractivity contribution in [1.29, 1.82) is 0 Å². The summed E-state index contributed by atoms with van der Waals surface area (Å²) < 4.78 is 12.9. The summed E-state index contributed by atoms with van der Waals surface area (Å²) in [5, 5.41) is 3.42. The first-order chi connectivity index (χ1) is 13.8. The molecular weight excluding hydrogens is 370 g/mol. The van der Waals surface area contributed by atoms with Crippen molar-refractivity contribution < 1.29 is 14.3 Å². The third-order valence-corrected chi connectivity index (χ3v) is 7.60. The SMILES string of the molecule is O=CNCC1SC(c2ccccc2)Cc2c1ccc1c2OC2(CCCCC2)O1. The average Bonchev–Trinajstić information content (AvgIpc) is 3.10. The highest BCUT2D eigenvalue weighted by atomic mass is 32.2. The van der Waals surface area contributed by atoms with Crippen LogP contribution in [0.4, 0.5) is 0 Å². The molecule has 0 aromatic heterocycles. The lowest BCUT2D eigenvalue weighted by Gasteiger charge is -2.33. The number of amides is 1. The van der Waals surface area contributed by atoms with Gasteiger partial charge in [-0.15, -0.1) is 11.8 Å². The van der Waals surface area contributed by atoms with E-state index in [0.717, 1.165) is 50.0 Å². The summed E-state index contributed by atoms with van der Waals surface area (Å²) in [6.07, 6.45) is 7.21. The summed E-state index contributed by atoms with van der Waals surface area (Å²) in [6, 6.07) is 14.9. The normalized spacial score (nSPS) is 24.6. The fraction of sp³-hybridized carbons (Fsp3) is 0.435. The molecule has 146 valence electrons. The summed E-state index contributed by atoms with van der Waals surface area (Å²) in [7, 11) is 0. The molecule has 1 saturated carbocycles. The van der Waals surface area contributed by atoms with E-state index in [1.807, 2.05) is 11.8 Å². The Balaban J connectivity index is 1.52. The minimum absolute atomic E-state index is 0.205. The van der Waals surface area contributed by atoms with Crippen LogP contribution in [-0.4, -0.2) is 18.7 Å². The lowest BCUT2D eigenvalue weighted by Crippen LogP contribution is -2.40. The Morgan fingerprint density at radius 1 is 1.07 bits per heavy atom. The molecule has 5 heteroatoms. The molecule has 0 saturated heterocycles. The van der Waals surface area contributed by atoms with Gasteiger partial charge >= 0.3 is 0 Å². The Morgan fingerprint density at radius 2 is 1.89 bits per heavy atom. The maximum Gasteiger partial charge on any atom is 0.251 e. The second-order valence-electron chi connectivity index (χ2n) is 7.89. The van der Waals surface area contributed by atoms with Crippen molar-refractivity contribution >= 4 is 18.2 Å². The van der Waals surface area contributed by atoms with Crippen LogP contribution in [0.5, 0.6) is 11.5 Å². The van der Waals surface area contributed by atoms with E-state index in [-0.39, 0.29) is 5.25 Å². The van der Waals surface area contributed by atoms with Gasteiger partial charge < -0.3 is 14.8 Å². The number of benzene rings is 2. The second-order valence-corrected chi connectivity index (χ2v) is 9.30. The molecule has 1 N–H and O–H groups in total. The predicted octanol–water partition coefficient (Wildman–Crippen LogP) is 4.94. The van der Waals surface area contributed by atoms with E-state index in [9.17, 15) is 4.79 Å². The zero-order valence-electron chi connectivity index (χ0n) is 15.9. The minimum atomic E-state index is -0.459. The quantitative estimate of drug-likeness (QED) is 0.745. The molecule has 2 aromatic carbocycles. The van der Waals surface area contributed by atoms with E-state index < -0.39 is 5.79 Å². The highest BCUT2D eigenvalue weighted by Gasteiger charge is 2.45. The maximum absolute atomic E-state index is 10.9. The van der Waals surface area contributed by atoms with Gasteiger partial charge in [0.25, 0.3) is 5.79 Å². The molecular formula is C23H25NO3S. The number of thioether (sulfide) groups is 1. The Labute approximate surface area is 170 Å². The molecule has 3 aliphatic rings. The summed E-state index contributed by atoms with van der Waals surface area (Å²) in [5.41, 5.74) is 3.84. The lowest BCUT2D eigenvalue weighted by atomic mass is 9.94. The van der Waals surface area contributed by atoms with Gasteiger partial charge in [-0.25, -0.2) is 0 Å². The molecule has 5 rings (SSSR count). The van der Waals surface area contributed by atoms with Crippen LogP contribution < -0.4 is 14.8 Å². The van der Waals surface area contributed by atoms with Crippen LogP contribution in [-0.2, 0) is 11.2 Å². The third-order valence-electron chi connectivity index (χ3n) is 6.08. The maximum atomic E-state index is 10.9. The van der Waals surface area contributed by atoms with Crippen LogP contribution in [0, 0.1) is 0 Å². The highest BCUT2D eigenvalue weighted by molar-refractivity contribution is 7.99. The summed E-state index contributed by atoms with van der Waals surface area (Å²) in [6.45, 7) is 0.620. The van der Waals surface area contributed by atoms with E-state index in [1.165, 1.54) is 23.1 Å². The van der Waals surface area contributed by atoms with Gasteiger partial charge in [0.15, 0.2) is 11.5 Å². The van der Waals surface area contributed by atoms with Crippen molar-refractivity contribution in [2.75, 3.05) is 6.54 Å². The van der Waals surface area contributed by atoms with Crippen molar-refractivity contribution in [2.45, 2.75) is 54.8 Å². The summed E-state index contributed by atoms with van der Waals surface area (Å²) in [5.74, 6) is 1.37. The smallest absolute Gasteiger partial charge is 0.251 e.